The predicted octanol–water partition coefficient (Wildman–Crippen LogP) is 2.40. The van der Waals surface area contributed by atoms with Crippen LogP contribution in [0.5, 0.6) is 5.75 Å². The Morgan fingerprint density at radius 3 is 2.64 bits per heavy atom. The van der Waals surface area contributed by atoms with Crippen molar-refractivity contribution in [3.63, 3.8) is 0 Å². The molecule has 0 unspecified atom stereocenters. The summed E-state index contributed by atoms with van der Waals surface area (Å²) in [6, 6.07) is 14.2. The number of furan rings is 1. The summed E-state index contributed by atoms with van der Waals surface area (Å²) in [6.45, 7) is 6.31. The van der Waals surface area contributed by atoms with Gasteiger partial charge in [-0.25, -0.2) is 9.82 Å². The van der Waals surface area contributed by atoms with E-state index in [1.54, 1.807) is 26.3 Å². The van der Waals surface area contributed by atoms with Gasteiger partial charge in [0, 0.05) is 11.3 Å². The van der Waals surface area contributed by atoms with Crippen LogP contribution in [-0.4, -0.2) is 45.4 Å². The molecule has 0 aliphatic carbocycles. The van der Waals surface area contributed by atoms with E-state index in [0.29, 0.717) is 11.3 Å². The third-order valence-corrected chi connectivity index (χ3v) is 5.89. The van der Waals surface area contributed by atoms with Crippen molar-refractivity contribution in [3.05, 3.63) is 83.1 Å². The zero-order valence-electron chi connectivity index (χ0n) is 18.8. The standard InChI is InChI=1S/C25H27FN4O3/c1-18-23(9-14-33-18)25(31)28-27-16-19-3-8-24(32-2)20(15-19)17-29-10-12-30(13-11-29)22-6-4-21(26)5-7-22/h3-9,14-16H,10-13,17H2,1-2H3,(H,28,31)/p+1/b27-16-. The van der Waals surface area contributed by atoms with Crippen LogP contribution in [0.25, 0.3) is 0 Å². The van der Waals surface area contributed by atoms with Gasteiger partial charge in [0.2, 0.25) is 0 Å². The molecule has 1 fully saturated rings. The van der Waals surface area contributed by atoms with Crippen LogP contribution in [0.4, 0.5) is 10.1 Å². The molecule has 1 aliphatic heterocycles. The highest BCUT2D eigenvalue weighted by molar-refractivity contribution is 5.95. The SMILES string of the molecule is COc1ccc(/C=N\NC(=O)c2ccoc2C)cc1C[NH+]1CCN(c2ccc(F)cc2)CC1. The molecule has 1 aliphatic rings. The highest BCUT2D eigenvalue weighted by atomic mass is 19.1. The van der Waals surface area contributed by atoms with Crippen molar-refractivity contribution in [2.24, 2.45) is 5.10 Å². The zero-order chi connectivity index (χ0) is 23.2. The minimum atomic E-state index is -0.310. The molecular weight excluding hydrogens is 423 g/mol. The number of amides is 1. The Hall–Kier alpha value is -3.65. The Balaban J connectivity index is 1.36. The van der Waals surface area contributed by atoms with Gasteiger partial charge in [-0.2, -0.15) is 5.10 Å². The van der Waals surface area contributed by atoms with E-state index in [1.807, 2.05) is 30.3 Å². The fourth-order valence-electron chi connectivity index (χ4n) is 4.04. The van der Waals surface area contributed by atoms with Crippen LogP contribution in [-0.2, 0) is 6.54 Å². The second-order valence-electron chi connectivity index (χ2n) is 8.05. The minimum Gasteiger partial charge on any atom is -0.496 e. The first-order valence-corrected chi connectivity index (χ1v) is 10.9. The first-order valence-electron chi connectivity index (χ1n) is 10.9. The molecule has 2 N–H and O–H groups in total. The lowest BCUT2D eigenvalue weighted by atomic mass is 10.1. The van der Waals surface area contributed by atoms with Gasteiger partial charge in [0.1, 0.15) is 23.9 Å². The van der Waals surface area contributed by atoms with Crippen LogP contribution in [0, 0.1) is 12.7 Å². The maximum absolute atomic E-state index is 13.2. The van der Waals surface area contributed by atoms with E-state index < -0.39 is 0 Å². The van der Waals surface area contributed by atoms with Crippen LogP contribution in [0.15, 0.2) is 64.3 Å². The average Bonchev–Trinajstić information content (AvgIpc) is 3.26. The second kappa shape index (κ2) is 10.3. The number of quaternary nitrogens is 1. The number of methoxy groups -OCH3 is 1. The lowest BCUT2D eigenvalue weighted by Gasteiger charge is -2.34. The number of piperazine rings is 1. The highest BCUT2D eigenvalue weighted by Gasteiger charge is 2.21. The number of aryl methyl sites for hydroxylation is 1. The molecule has 33 heavy (non-hydrogen) atoms. The van der Waals surface area contributed by atoms with Gasteiger partial charge in [0.15, 0.2) is 0 Å². The molecular formula is C25H28FN4O3+. The Kier molecular flexibility index (Phi) is 7.04. The van der Waals surface area contributed by atoms with Crippen molar-refractivity contribution >= 4 is 17.8 Å². The molecule has 3 aromatic rings. The number of carbonyl (C=O) groups is 1. The fraction of sp³-hybridized carbons (Fsp3) is 0.280. The minimum absolute atomic E-state index is 0.213. The molecule has 1 amide bonds. The number of nitrogens with one attached hydrogen (secondary N) is 2. The predicted molar refractivity (Wildman–Crippen MR) is 125 cm³/mol. The monoisotopic (exact) mass is 451 g/mol. The molecule has 0 radical (unpaired) electrons. The highest BCUT2D eigenvalue weighted by Crippen LogP contribution is 2.19. The van der Waals surface area contributed by atoms with Crippen LogP contribution >= 0.6 is 0 Å². The summed E-state index contributed by atoms with van der Waals surface area (Å²) < 4.78 is 23.9. The van der Waals surface area contributed by atoms with E-state index in [-0.39, 0.29) is 11.7 Å². The Morgan fingerprint density at radius 2 is 1.97 bits per heavy atom. The molecule has 2 heterocycles. The fourth-order valence-corrected chi connectivity index (χ4v) is 4.04. The van der Waals surface area contributed by atoms with E-state index in [1.165, 1.54) is 23.3 Å². The first-order chi connectivity index (χ1) is 16.0. The van der Waals surface area contributed by atoms with E-state index in [2.05, 4.69) is 15.4 Å². The van der Waals surface area contributed by atoms with Crippen molar-refractivity contribution in [3.8, 4) is 5.75 Å². The van der Waals surface area contributed by atoms with Crippen LogP contribution in [0.1, 0.15) is 27.2 Å². The number of anilines is 1. The molecule has 0 bridgehead atoms. The summed E-state index contributed by atoms with van der Waals surface area (Å²) >= 11 is 0. The van der Waals surface area contributed by atoms with Crippen molar-refractivity contribution in [1.82, 2.24) is 5.43 Å². The van der Waals surface area contributed by atoms with E-state index >= 15 is 0 Å². The Labute approximate surface area is 192 Å². The molecule has 2 aromatic carbocycles. The molecule has 8 heteroatoms. The summed E-state index contributed by atoms with van der Waals surface area (Å²) in [5, 5.41) is 4.08. The summed E-state index contributed by atoms with van der Waals surface area (Å²) in [6.07, 6.45) is 3.10. The van der Waals surface area contributed by atoms with Gasteiger partial charge in [0.25, 0.3) is 5.91 Å². The van der Waals surface area contributed by atoms with Crippen LogP contribution in [0.3, 0.4) is 0 Å². The number of hydrogen-bond acceptors (Lipinski definition) is 5. The van der Waals surface area contributed by atoms with Crippen molar-refractivity contribution in [2.75, 3.05) is 38.2 Å². The van der Waals surface area contributed by atoms with E-state index in [9.17, 15) is 9.18 Å². The summed E-state index contributed by atoms with van der Waals surface area (Å²) in [4.78, 5) is 15.9. The Morgan fingerprint density at radius 1 is 1.21 bits per heavy atom. The average molecular weight is 452 g/mol. The van der Waals surface area contributed by atoms with Gasteiger partial charge in [-0.15, -0.1) is 0 Å². The van der Waals surface area contributed by atoms with Crippen LogP contribution in [0.2, 0.25) is 0 Å². The van der Waals surface area contributed by atoms with Gasteiger partial charge in [-0.3, -0.25) is 4.79 Å². The largest absolute Gasteiger partial charge is 0.496 e. The van der Waals surface area contributed by atoms with Gasteiger partial charge in [-0.05, 0) is 61.0 Å². The molecule has 0 atom stereocenters. The summed E-state index contributed by atoms with van der Waals surface area (Å²) in [7, 11) is 1.67. The Bertz CT molecular complexity index is 1120. The number of rotatable bonds is 7. The number of benzene rings is 2. The molecule has 1 aromatic heterocycles. The van der Waals surface area contributed by atoms with Crippen molar-refractivity contribution in [2.45, 2.75) is 13.5 Å². The van der Waals surface area contributed by atoms with E-state index in [4.69, 9.17) is 9.15 Å². The smallest absolute Gasteiger partial charge is 0.274 e. The lowest BCUT2D eigenvalue weighted by molar-refractivity contribution is -0.914. The maximum atomic E-state index is 13.2. The third kappa shape index (κ3) is 5.59. The summed E-state index contributed by atoms with van der Waals surface area (Å²) in [5.74, 6) is 0.861. The molecule has 1 saturated heterocycles. The molecule has 0 spiro atoms. The molecule has 172 valence electrons. The maximum Gasteiger partial charge on any atom is 0.274 e. The van der Waals surface area contributed by atoms with Gasteiger partial charge < -0.3 is 19.0 Å². The number of hydrogen-bond donors (Lipinski definition) is 2. The number of ether oxygens (including phenoxy) is 1. The number of halogens is 1. The van der Waals surface area contributed by atoms with Gasteiger partial charge >= 0.3 is 0 Å². The van der Waals surface area contributed by atoms with Crippen molar-refractivity contribution in [1.29, 1.82) is 0 Å². The van der Waals surface area contributed by atoms with E-state index in [0.717, 1.165) is 55.3 Å². The first kappa shape index (κ1) is 22.5. The van der Waals surface area contributed by atoms with Crippen molar-refractivity contribution < 1.29 is 23.2 Å². The van der Waals surface area contributed by atoms with Gasteiger partial charge in [-0.1, -0.05) is 0 Å². The topological polar surface area (TPSA) is 71.5 Å². The third-order valence-electron chi connectivity index (χ3n) is 5.89. The number of nitrogens with zero attached hydrogens (tertiary/aromatic N) is 2. The lowest BCUT2D eigenvalue weighted by Crippen LogP contribution is -3.13. The van der Waals surface area contributed by atoms with Gasteiger partial charge in [0.05, 0.1) is 51.3 Å². The zero-order valence-corrected chi connectivity index (χ0v) is 18.8. The quantitative estimate of drug-likeness (QED) is 0.428. The number of carbonyl (C=O) groups excluding carboxylic acids is 1. The number of hydrazone groups is 1. The normalized spacial score (nSPS) is 14.6. The molecule has 7 nitrogen and oxygen atoms in total. The second-order valence-corrected chi connectivity index (χ2v) is 8.05. The molecule has 0 saturated carbocycles. The summed E-state index contributed by atoms with van der Waals surface area (Å²) in [5.41, 5.74) is 6.01. The molecule has 4 rings (SSSR count). The van der Waals surface area contributed by atoms with Crippen LogP contribution < -0.4 is 20.0 Å².